The quantitative estimate of drug-likeness (QED) is 0.729. The van der Waals surface area contributed by atoms with Crippen molar-refractivity contribution in [2.75, 3.05) is 6.61 Å². The number of hydrogen-bond acceptors (Lipinski definition) is 4. The van der Waals surface area contributed by atoms with Crippen LogP contribution in [0.3, 0.4) is 0 Å². The Balaban J connectivity index is 2.12. The predicted octanol–water partition coefficient (Wildman–Crippen LogP) is 1.56. The number of aromatic nitrogens is 3. The molecular formula is C11H12N4O. The van der Waals surface area contributed by atoms with E-state index >= 15 is 0 Å². The lowest BCUT2D eigenvalue weighted by Crippen LogP contribution is -1.93. The monoisotopic (exact) mass is 216 g/mol. The van der Waals surface area contributed by atoms with E-state index in [9.17, 15) is 0 Å². The van der Waals surface area contributed by atoms with Crippen LogP contribution in [0.1, 0.15) is 12.5 Å². The molecule has 0 fully saturated rings. The Hall–Kier alpha value is -2.17. The smallest absolute Gasteiger partial charge is 0.141 e. The summed E-state index contributed by atoms with van der Waals surface area (Å²) in [5, 5.41) is 11.5. The van der Waals surface area contributed by atoms with E-state index in [1.807, 2.05) is 31.2 Å². The van der Waals surface area contributed by atoms with Crippen LogP contribution in [-0.2, 0) is 0 Å². The fourth-order valence-corrected chi connectivity index (χ4v) is 1.24. The maximum Gasteiger partial charge on any atom is 0.141 e. The summed E-state index contributed by atoms with van der Waals surface area (Å²) < 4.78 is 6.93. The van der Waals surface area contributed by atoms with Gasteiger partial charge in [-0.05, 0) is 24.6 Å². The predicted molar refractivity (Wildman–Crippen MR) is 60.6 cm³/mol. The van der Waals surface area contributed by atoms with Crippen molar-refractivity contribution in [3.8, 4) is 5.75 Å². The van der Waals surface area contributed by atoms with Crippen molar-refractivity contribution >= 4 is 6.21 Å². The maximum atomic E-state index is 5.39. The average Bonchev–Trinajstić information content (AvgIpc) is 2.80. The van der Waals surface area contributed by atoms with Gasteiger partial charge in [-0.3, -0.25) is 0 Å². The first kappa shape index (κ1) is 10.4. The molecule has 1 aromatic heterocycles. The summed E-state index contributed by atoms with van der Waals surface area (Å²) in [6.07, 6.45) is 4.79. The number of hydrogen-bond donors (Lipinski definition) is 0. The van der Waals surface area contributed by atoms with Gasteiger partial charge in [0.15, 0.2) is 0 Å². The Labute approximate surface area is 93.4 Å². The molecule has 82 valence electrons. The summed E-state index contributed by atoms with van der Waals surface area (Å²) in [6.45, 7) is 2.62. The SMILES string of the molecule is CCOc1cccc(/C=N\n2cnnc2)c1. The lowest BCUT2D eigenvalue weighted by molar-refractivity contribution is 0.340. The first-order chi connectivity index (χ1) is 7.88. The third-order valence-electron chi connectivity index (χ3n) is 1.92. The van der Waals surface area contributed by atoms with Crippen LogP contribution < -0.4 is 4.74 Å². The fraction of sp³-hybridized carbons (Fsp3) is 0.182. The number of nitrogens with zero attached hydrogens (tertiary/aromatic N) is 4. The molecule has 2 aromatic rings. The largest absolute Gasteiger partial charge is 0.494 e. The van der Waals surface area contributed by atoms with Gasteiger partial charge in [-0.2, -0.15) is 5.10 Å². The molecule has 1 heterocycles. The summed E-state index contributed by atoms with van der Waals surface area (Å²) in [4.78, 5) is 0. The first-order valence-corrected chi connectivity index (χ1v) is 5.00. The minimum atomic E-state index is 0.659. The van der Waals surface area contributed by atoms with E-state index in [0.717, 1.165) is 11.3 Å². The van der Waals surface area contributed by atoms with Gasteiger partial charge in [-0.25, -0.2) is 4.68 Å². The summed E-state index contributed by atoms with van der Waals surface area (Å²) in [5.41, 5.74) is 0.972. The van der Waals surface area contributed by atoms with E-state index in [1.54, 1.807) is 6.21 Å². The normalized spacial score (nSPS) is 10.8. The summed E-state index contributed by atoms with van der Waals surface area (Å²) >= 11 is 0. The second-order valence-corrected chi connectivity index (χ2v) is 3.09. The van der Waals surface area contributed by atoms with Gasteiger partial charge in [-0.1, -0.05) is 12.1 Å². The van der Waals surface area contributed by atoms with Gasteiger partial charge >= 0.3 is 0 Å². The molecule has 0 N–H and O–H groups in total. The van der Waals surface area contributed by atoms with Crippen molar-refractivity contribution in [3.63, 3.8) is 0 Å². The van der Waals surface area contributed by atoms with Crippen molar-refractivity contribution in [1.82, 2.24) is 14.9 Å². The van der Waals surface area contributed by atoms with Gasteiger partial charge in [0.25, 0.3) is 0 Å². The minimum Gasteiger partial charge on any atom is -0.494 e. The van der Waals surface area contributed by atoms with Crippen molar-refractivity contribution < 1.29 is 4.74 Å². The van der Waals surface area contributed by atoms with Crippen LogP contribution in [0.15, 0.2) is 42.0 Å². The van der Waals surface area contributed by atoms with Crippen LogP contribution in [0.2, 0.25) is 0 Å². The molecule has 0 amide bonds. The van der Waals surface area contributed by atoms with Crippen LogP contribution in [0.25, 0.3) is 0 Å². The molecule has 0 aliphatic heterocycles. The maximum absolute atomic E-state index is 5.39. The number of benzene rings is 1. The topological polar surface area (TPSA) is 52.3 Å². The van der Waals surface area contributed by atoms with Crippen molar-refractivity contribution in [1.29, 1.82) is 0 Å². The second kappa shape index (κ2) is 5.06. The summed E-state index contributed by atoms with van der Waals surface area (Å²) in [6, 6.07) is 7.73. The number of ether oxygens (including phenoxy) is 1. The lowest BCUT2D eigenvalue weighted by Gasteiger charge is -2.02. The Kier molecular flexibility index (Phi) is 3.28. The molecule has 0 saturated heterocycles. The zero-order chi connectivity index (χ0) is 11.2. The second-order valence-electron chi connectivity index (χ2n) is 3.09. The molecule has 0 bridgehead atoms. The molecule has 2 rings (SSSR count). The Morgan fingerprint density at radius 2 is 2.19 bits per heavy atom. The molecule has 16 heavy (non-hydrogen) atoms. The van der Waals surface area contributed by atoms with Crippen molar-refractivity contribution in [3.05, 3.63) is 42.5 Å². The highest BCUT2D eigenvalue weighted by Gasteiger charge is 1.93. The van der Waals surface area contributed by atoms with Gasteiger partial charge in [0.2, 0.25) is 0 Å². The van der Waals surface area contributed by atoms with E-state index in [4.69, 9.17) is 4.74 Å². The average molecular weight is 216 g/mol. The van der Waals surface area contributed by atoms with Crippen LogP contribution in [0, 0.1) is 0 Å². The molecule has 5 heteroatoms. The van der Waals surface area contributed by atoms with Gasteiger partial charge in [0.05, 0.1) is 12.8 Å². The fourth-order valence-electron chi connectivity index (χ4n) is 1.24. The molecule has 0 radical (unpaired) electrons. The van der Waals surface area contributed by atoms with Crippen LogP contribution in [0.5, 0.6) is 5.75 Å². The van der Waals surface area contributed by atoms with Crippen molar-refractivity contribution in [2.24, 2.45) is 5.10 Å². The summed E-state index contributed by atoms with van der Waals surface area (Å²) in [7, 11) is 0. The molecule has 0 saturated carbocycles. The zero-order valence-corrected chi connectivity index (χ0v) is 8.95. The van der Waals surface area contributed by atoms with Crippen LogP contribution in [-0.4, -0.2) is 27.7 Å². The first-order valence-electron chi connectivity index (χ1n) is 5.00. The number of rotatable bonds is 4. The van der Waals surface area contributed by atoms with Crippen LogP contribution >= 0.6 is 0 Å². The Morgan fingerprint density at radius 3 is 2.94 bits per heavy atom. The van der Waals surface area contributed by atoms with E-state index in [0.29, 0.717) is 6.61 Å². The molecule has 5 nitrogen and oxygen atoms in total. The Morgan fingerprint density at radius 1 is 1.38 bits per heavy atom. The molecule has 0 spiro atoms. The van der Waals surface area contributed by atoms with E-state index in [-0.39, 0.29) is 0 Å². The van der Waals surface area contributed by atoms with E-state index in [2.05, 4.69) is 15.3 Å². The molecule has 1 aromatic carbocycles. The zero-order valence-electron chi connectivity index (χ0n) is 8.95. The van der Waals surface area contributed by atoms with Crippen LogP contribution in [0.4, 0.5) is 0 Å². The van der Waals surface area contributed by atoms with Crippen molar-refractivity contribution in [2.45, 2.75) is 6.92 Å². The summed E-state index contributed by atoms with van der Waals surface area (Å²) in [5.74, 6) is 0.843. The molecular weight excluding hydrogens is 204 g/mol. The van der Waals surface area contributed by atoms with Gasteiger partial charge < -0.3 is 4.74 Å². The lowest BCUT2D eigenvalue weighted by atomic mass is 10.2. The molecule has 0 aliphatic carbocycles. The highest BCUT2D eigenvalue weighted by Crippen LogP contribution is 2.11. The van der Waals surface area contributed by atoms with Gasteiger partial charge in [0.1, 0.15) is 18.4 Å². The molecule has 0 atom stereocenters. The van der Waals surface area contributed by atoms with Gasteiger partial charge in [0, 0.05) is 0 Å². The molecule has 0 aliphatic rings. The molecule has 0 unspecified atom stereocenters. The standard InChI is InChI=1S/C11H12N4O/c1-2-16-11-5-3-4-10(6-11)7-14-15-8-12-13-9-15/h3-9H,2H2,1H3/b14-7-. The highest BCUT2D eigenvalue weighted by molar-refractivity contribution is 5.80. The highest BCUT2D eigenvalue weighted by atomic mass is 16.5. The third kappa shape index (κ3) is 2.66. The van der Waals surface area contributed by atoms with E-state index in [1.165, 1.54) is 17.3 Å². The Bertz CT molecular complexity index is 465. The van der Waals surface area contributed by atoms with E-state index < -0.39 is 0 Å². The van der Waals surface area contributed by atoms with Gasteiger partial charge in [-0.15, -0.1) is 10.2 Å². The minimum absolute atomic E-state index is 0.659. The third-order valence-corrected chi connectivity index (χ3v) is 1.92.